The van der Waals surface area contributed by atoms with Gasteiger partial charge in [0, 0.05) is 61.9 Å². The van der Waals surface area contributed by atoms with E-state index in [1.54, 1.807) is 6.33 Å². The Kier molecular flexibility index (Phi) is 5.68. The summed E-state index contributed by atoms with van der Waals surface area (Å²) in [5, 5.41) is 4.42. The number of nitrogens with one attached hydrogen (secondary N) is 2. The van der Waals surface area contributed by atoms with Crippen LogP contribution in [-0.4, -0.2) is 81.2 Å². The monoisotopic (exact) mass is 434 g/mol. The number of fused-ring (bicyclic) bond motifs is 1. The van der Waals surface area contributed by atoms with Gasteiger partial charge in [0.1, 0.15) is 17.8 Å². The van der Waals surface area contributed by atoms with Gasteiger partial charge in [0.2, 0.25) is 11.9 Å². The molecule has 0 aliphatic carbocycles. The predicted molar refractivity (Wildman–Crippen MR) is 121 cm³/mol. The molecule has 10 nitrogen and oxygen atoms in total. The number of nitrogens with zero attached hydrogens (tertiary/aromatic N) is 6. The number of hydrogen-bond donors (Lipinski definition) is 2. The maximum absolute atomic E-state index is 12.0. The van der Waals surface area contributed by atoms with Gasteiger partial charge in [-0.1, -0.05) is 6.58 Å². The molecule has 2 fully saturated rings. The highest BCUT2D eigenvalue weighted by atomic mass is 16.5. The number of rotatable bonds is 5. The quantitative estimate of drug-likeness (QED) is 0.585. The largest absolute Gasteiger partial charge is 0.378 e. The maximum atomic E-state index is 12.0. The topological polar surface area (TPSA) is 112 Å². The zero-order valence-corrected chi connectivity index (χ0v) is 17.8. The van der Waals surface area contributed by atoms with Crippen molar-refractivity contribution in [2.45, 2.75) is 18.9 Å². The van der Waals surface area contributed by atoms with Gasteiger partial charge in [-0.15, -0.1) is 0 Å². The lowest BCUT2D eigenvalue weighted by atomic mass is 10.0. The zero-order valence-electron chi connectivity index (χ0n) is 17.8. The van der Waals surface area contributed by atoms with Gasteiger partial charge in [0.25, 0.3) is 0 Å². The summed E-state index contributed by atoms with van der Waals surface area (Å²) in [7, 11) is 0. The Morgan fingerprint density at radius 1 is 1.19 bits per heavy atom. The first kappa shape index (κ1) is 20.4. The highest BCUT2D eigenvalue weighted by Crippen LogP contribution is 2.32. The van der Waals surface area contributed by atoms with Crippen LogP contribution in [0.3, 0.4) is 0 Å². The molecule has 0 unspecified atom stereocenters. The molecular weight excluding hydrogens is 408 g/mol. The van der Waals surface area contributed by atoms with Crippen molar-refractivity contribution >= 4 is 28.7 Å². The number of morpholine rings is 1. The molecule has 2 aliphatic rings. The molecule has 0 spiro atoms. The van der Waals surface area contributed by atoms with E-state index in [9.17, 15) is 4.79 Å². The molecule has 166 valence electrons. The minimum atomic E-state index is -0.0378. The second kappa shape index (κ2) is 8.91. The Balaban J connectivity index is 1.41. The Labute approximate surface area is 185 Å². The van der Waals surface area contributed by atoms with Crippen LogP contribution >= 0.6 is 0 Å². The van der Waals surface area contributed by atoms with E-state index in [0.29, 0.717) is 25.7 Å². The fourth-order valence-corrected chi connectivity index (χ4v) is 4.30. The number of amides is 1. The number of piperidine rings is 1. The zero-order chi connectivity index (χ0) is 21.9. The minimum absolute atomic E-state index is 0.0378. The lowest BCUT2D eigenvalue weighted by Crippen LogP contribution is -2.44. The van der Waals surface area contributed by atoms with Crippen LogP contribution in [0, 0.1) is 0 Å². The molecule has 5 heterocycles. The van der Waals surface area contributed by atoms with Crippen molar-refractivity contribution in [1.82, 2.24) is 29.8 Å². The molecule has 1 atom stereocenters. The maximum Gasteiger partial charge on any atom is 0.246 e. The molecule has 1 amide bonds. The molecule has 0 aromatic carbocycles. The molecular formula is C22H26N8O2. The molecule has 10 heteroatoms. The molecule has 3 aromatic heterocycles. The third kappa shape index (κ3) is 4.01. The van der Waals surface area contributed by atoms with E-state index in [2.05, 4.69) is 41.7 Å². The second-order valence-electron chi connectivity index (χ2n) is 7.99. The van der Waals surface area contributed by atoms with Gasteiger partial charge in [-0.2, -0.15) is 0 Å². The summed E-state index contributed by atoms with van der Waals surface area (Å²) in [6.07, 6.45) is 10.4. The molecule has 5 rings (SSSR count). The number of ether oxygens (including phenoxy) is 1. The number of aromatic nitrogens is 5. The first-order valence-corrected chi connectivity index (χ1v) is 10.9. The standard InChI is InChI=1S/C22H26N8O2/c1-2-18(31)30-5-3-4-16(13-30)28-21-19-17(12-23-20(19)26-14-27-21)15-10-24-22(25-11-15)29-6-8-32-9-7-29/h2,10-12,14,16H,1,3-9,13H2,(H2,23,26,27,28)/t16-/m1/s1. The normalized spacial score (nSPS) is 19.2. The smallest absolute Gasteiger partial charge is 0.246 e. The van der Waals surface area contributed by atoms with Gasteiger partial charge in [-0.05, 0) is 18.9 Å². The summed E-state index contributed by atoms with van der Waals surface area (Å²) in [4.78, 5) is 37.3. The van der Waals surface area contributed by atoms with E-state index >= 15 is 0 Å². The van der Waals surface area contributed by atoms with Crippen LogP contribution in [0.1, 0.15) is 12.8 Å². The Bertz CT molecular complexity index is 1110. The van der Waals surface area contributed by atoms with E-state index in [-0.39, 0.29) is 11.9 Å². The van der Waals surface area contributed by atoms with Crippen molar-refractivity contribution < 1.29 is 9.53 Å². The lowest BCUT2D eigenvalue weighted by Gasteiger charge is -2.32. The van der Waals surface area contributed by atoms with Crippen LogP contribution in [0.4, 0.5) is 11.8 Å². The summed E-state index contributed by atoms with van der Waals surface area (Å²) in [6.45, 7) is 7.94. The summed E-state index contributed by atoms with van der Waals surface area (Å²) in [5.41, 5.74) is 2.56. The van der Waals surface area contributed by atoms with E-state index in [4.69, 9.17) is 4.74 Å². The fourth-order valence-electron chi connectivity index (χ4n) is 4.30. The number of anilines is 2. The van der Waals surface area contributed by atoms with Crippen molar-refractivity contribution in [3.8, 4) is 11.1 Å². The van der Waals surface area contributed by atoms with Crippen molar-refractivity contribution in [1.29, 1.82) is 0 Å². The van der Waals surface area contributed by atoms with Crippen LogP contribution in [-0.2, 0) is 9.53 Å². The third-order valence-corrected chi connectivity index (χ3v) is 5.96. The summed E-state index contributed by atoms with van der Waals surface area (Å²) < 4.78 is 5.40. The highest BCUT2D eigenvalue weighted by Gasteiger charge is 2.24. The van der Waals surface area contributed by atoms with Gasteiger partial charge in [-0.25, -0.2) is 19.9 Å². The van der Waals surface area contributed by atoms with Crippen LogP contribution in [0.15, 0.2) is 37.6 Å². The number of carbonyl (C=O) groups is 1. The van der Waals surface area contributed by atoms with E-state index in [1.165, 1.54) is 6.08 Å². The highest BCUT2D eigenvalue weighted by molar-refractivity contribution is 6.00. The number of H-pyrrole nitrogens is 1. The van der Waals surface area contributed by atoms with Crippen molar-refractivity contribution in [2.75, 3.05) is 49.6 Å². The van der Waals surface area contributed by atoms with Gasteiger partial charge >= 0.3 is 0 Å². The molecule has 0 bridgehead atoms. The Hall–Kier alpha value is -3.53. The Morgan fingerprint density at radius 3 is 2.78 bits per heavy atom. The lowest BCUT2D eigenvalue weighted by molar-refractivity contribution is -0.127. The average molecular weight is 435 g/mol. The number of carbonyl (C=O) groups excluding carboxylic acids is 1. The van der Waals surface area contributed by atoms with Gasteiger partial charge in [0.05, 0.1) is 18.6 Å². The Morgan fingerprint density at radius 2 is 2.00 bits per heavy atom. The second-order valence-corrected chi connectivity index (χ2v) is 7.99. The average Bonchev–Trinajstić information content (AvgIpc) is 3.30. The first-order chi connectivity index (χ1) is 15.7. The molecule has 0 radical (unpaired) electrons. The molecule has 2 saturated heterocycles. The molecule has 2 N–H and O–H groups in total. The van der Waals surface area contributed by atoms with E-state index in [1.807, 2.05) is 23.5 Å². The minimum Gasteiger partial charge on any atom is -0.378 e. The first-order valence-electron chi connectivity index (χ1n) is 10.9. The van der Waals surface area contributed by atoms with Crippen LogP contribution in [0.25, 0.3) is 22.2 Å². The van der Waals surface area contributed by atoms with E-state index in [0.717, 1.165) is 60.5 Å². The van der Waals surface area contributed by atoms with Crippen LogP contribution in [0.5, 0.6) is 0 Å². The molecule has 2 aliphatic heterocycles. The molecule has 0 saturated carbocycles. The van der Waals surface area contributed by atoms with Crippen LogP contribution < -0.4 is 10.2 Å². The van der Waals surface area contributed by atoms with E-state index < -0.39 is 0 Å². The summed E-state index contributed by atoms with van der Waals surface area (Å²) in [6, 6.07) is 0.105. The predicted octanol–water partition coefficient (Wildman–Crippen LogP) is 1.84. The van der Waals surface area contributed by atoms with Gasteiger partial charge in [-0.3, -0.25) is 4.79 Å². The SMILES string of the molecule is C=CC(=O)N1CCC[C@@H](Nc2ncnc3[nH]cc(-c4cnc(N5CCOCC5)nc4)c23)C1. The van der Waals surface area contributed by atoms with Crippen molar-refractivity contribution in [2.24, 2.45) is 0 Å². The van der Waals surface area contributed by atoms with Crippen molar-refractivity contribution in [3.63, 3.8) is 0 Å². The molecule has 32 heavy (non-hydrogen) atoms. The fraction of sp³-hybridized carbons (Fsp3) is 0.409. The van der Waals surface area contributed by atoms with Gasteiger partial charge in [0.15, 0.2) is 0 Å². The number of aromatic amines is 1. The third-order valence-electron chi connectivity index (χ3n) is 5.96. The number of hydrogen-bond acceptors (Lipinski definition) is 8. The van der Waals surface area contributed by atoms with Crippen LogP contribution in [0.2, 0.25) is 0 Å². The number of likely N-dealkylation sites (tertiary alicyclic amines) is 1. The molecule has 3 aromatic rings. The summed E-state index contributed by atoms with van der Waals surface area (Å²) in [5.74, 6) is 1.41. The summed E-state index contributed by atoms with van der Waals surface area (Å²) >= 11 is 0. The van der Waals surface area contributed by atoms with Gasteiger partial charge < -0.3 is 24.8 Å². The van der Waals surface area contributed by atoms with Crippen molar-refractivity contribution in [3.05, 3.63) is 37.6 Å².